The second-order valence-corrected chi connectivity index (χ2v) is 9.20. The molecule has 34 heavy (non-hydrogen) atoms. The van der Waals surface area contributed by atoms with Crippen molar-refractivity contribution in [2.24, 2.45) is 5.41 Å². The highest BCUT2D eigenvalue weighted by atomic mass is 19.4. The number of aromatic nitrogens is 6. The molecule has 1 aliphatic rings. The van der Waals surface area contributed by atoms with Crippen molar-refractivity contribution in [2.45, 2.75) is 39.0 Å². The molecule has 0 amide bonds. The molecular formula is C24H21F3N6O. The Labute approximate surface area is 193 Å². The highest BCUT2D eigenvalue weighted by molar-refractivity contribution is 5.66. The molecule has 0 spiro atoms. The summed E-state index contributed by atoms with van der Waals surface area (Å²) in [6.45, 7) is 4.13. The number of aliphatic hydroxyl groups excluding tert-OH is 1. The zero-order valence-electron chi connectivity index (χ0n) is 18.5. The van der Waals surface area contributed by atoms with Gasteiger partial charge in [-0.25, -0.2) is 4.98 Å². The minimum atomic E-state index is -4.55. The third-order valence-corrected chi connectivity index (χ3v) is 5.87. The van der Waals surface area contributed by atoms with Crippen LogP contribution in [0.2, 0.25) is 0 Å². The van der Waals surface area contributed by atoms with Crippen LogP contribution in [0, 0.1) is 5.41 Å². The first-order chi connectivity index (χ1) is 16.1. The van der Waals surface area contributed by atoms with E-state index >= 15 is 0 Å². The van der Waals surface area contributed by atoms with Gasteiger partial charge in [0.1, 0.15) is 5.69 Å². The fourth-order valence-corrected chi connectivity index (χ4v) is 4.26. The summed E-state index contributed by atoms with van der Waals surface area (Å²) < 4.78 is 40.8. The van der Waals surface area contributed by atoms with Crippen LogP contribution in [0.5, 0.6) is 0 Å². The number of hydrogen-bond acceptors (Lipinski definition) is 6. The molecule has 174 valence electrons. The lowest BCUT2D eigenvalue weighted by Gasteiger charge is -2.33. The molecular weight excluding hydrogens is 445 g/mol. The molecule has 0 saturated carbocycles. The molecule has 3 heterocycles. The van der Waals surface area contributed by atoms with E-state index in [1.165, 1.54) is 6.20 Å². The molecule has 0 saturated heterocycles. The van der Waals surface area contributed by atoms with Gasteiger partial charge in [0.2, 0.25) is 5.82 Å². The van der Waals surface area contributed by atoms with Gasteiger partial charge < -0.3 is 5.11 Å². The molecule has 4 aromatic rings. The molecule has 0 bridgehead atoms. The van der Waals surface area contributed by atoms with E-state index in [0.717, 1.165) is 28.2 Å². The molecule has 0 aliphatic heterocycles. The molecule has 1 N–H and O–H groups in total. The van der Waals surface area contributed by atoms with E-state index in [1.807, 2.05) is 0 Å². The Hall–Kier alpha value is -3.66. The van der Waals surface area contributed by atoms with Gasteiger partial charge in [0.15, 0.2) is 0 Å². The average molecular weight is 466 g/mol. The summed E-state index contributed by atoms with van der Waals surface area (Å²) in [7, 11) is 0. The number of fused-ring (bicyclic) bond motifs is 1. The van der Waals surface area contributed by atoms with Gasteiger partial charge in [0.25, 0.3) is 0 Å². The van der Waals surface area contributed by atoms with Crippen LogP contribution in [0.3, 0.4) is 0 Å². The first kappa shape index (κ1) is 22.1. The number of halogens is 3. The minimum absolute atomic E-state index is 0.107. The van der Waals surface area contributed by atoms with Gasteiger partial charge in [0, 0.05) is 29.2 Å². The van der Waals surface area contributed by atoms with Gasteiger partial charge in [-0.05, 0) is 59.4 Å². The maximum absolute atomic E-state index is 13.6. The zero-order chi connectivity index (χ0) is 24.1. The molecule has 5 rings (SSSR count). The van der Waals surface area contributed by atoms with E-state index in [1.54, 1.807) is 36.5 Å². The smallest absolute Gasteiger partial charge is 0.388 e. The predicted molar refractivity (Wildman–Crippen MR) is 118 cm³/mol. The van der Waals surface area contributed by atoms with E-state index in [2.05, 4.69) is 39.2 Å². The molecule has 3 aromatic heterocycles. The van der Waals surface area contributed by atoms with Crippen LogP contribution in [0.1, 0.15) is 43.2 Å². The average Bonchev–Trinajstić information content (AvgIpc) is 3.28. The number of pyridine rings is 2. The Morgan fingerprint density at radius 1 is 1.09 bits per heavy atom. The number of benzene rings is 1. The summed E-state index contributed by atoms with van der Waals surface area (Å²) in [5, 5.41) is 22.7. The highest BCUT2D eigenvalue weighted by Crippen LogP contribution is 2.40. The largest absolute Gasteiger partial charge is 0.416 e. The minimum Gasteiger partial charge on any atom is -0.388 e. The molecule has 1 atom stereocenters. The lowest BCUT2D eigenvalue weighted by Crippen LogP contribution is -2.26. The van der Waals surface area contributed by atoms with Crippen LogP contribution in [-0.4, -0.2) is 35.3 Å². The molecule has 1 unspecified atom stereocenters. The van der Waals surface area contributed by atoms with E-state index < -0.39 is 17.8 Å². The summed E-state index contributed by atoms with van der Waals surface area (Å²) >= 11 is 0. The van der Waals surface area contributed by atoms with Gasteiger partial charge in [-0.1, -0.05) is 26.0 Å². The summed E-state index contributed by atoms with van der Waals surface area (Å²) in [6, 6.07) is 10.4. The third-order valence-electron chi connectivity index (χ3n) is 5.87. The van der Waals surface area contributed by atoms with Crippen molar-refractivity contribution < 1.29 is 18.3 Å². The molecule has 7 nitrogen and oxygen atoms in total. The van der Waals surface area contributed by atoms with Gasteiger partial charge >= 0.3 is 6.18 Å². The number of rotatable bonds is 3. The van der Waals surface area contributed by atoms with Gasteiger partial charge in [-0.3, -0.25) is 4.98 Å². The lowest BCUT2D eigenvalue weighted by atomic mass is 9.75. The number of aliphatic hydroxyl groups is 1. The summed E-state index contributed by atoms with van der Waals surface area (Å²) in [5.74, 6) is 0.181. The standard InChI is InChI=1S/C24H21F3N6O/c1-23(2)11-20-18(21(34)12-23)5-6-19(29-20)22-30-32-33(31-22)17-9-15(14-4-3-7-28-13-14)8-16(10-17)24(25,26)27/h3-10,13,21,34H,11-12H2,1-2H3. The molecule has 0 radical (unpaired) electrons. The van der Waals surface area contributed by atoms with Crippen molar-refractivity contribution in [3.8, 4) is 28.3 Å². The summed E-state index contributed by atoms with van der Waals surface area (Å²) in [6.07, 6.45) is -0.779. The Morgan fingerprint density at radius 2 is 1.91 bits per heavy atom. The third kappa shape index (κ3) is 4.28. The van der Waals surface area contributed by atoms with Crippen LogP contribution in [0.15, 0.2) is 54.9 Å². The fraction of sp³-hybridized carbons (Fsp3) is 0.292. The first-order valence-electron chi connectivity index (χ1n) is 10.7. The Bertz CT molecular complexity index is 1350. The van der Waals surface area contributed by atoms with E-state index in [-0.39, 0.29) is 16.9 Å². The van der Waals surface area contributed by atoms with Crippen LogP contribution in [0.4, 0.5) is 13.2 Å². The monoisotopic (exact) mass is 466 g/mol. The second kappa shape index (κ2) is 7.98. The number of tetrazole rings is 1. The Kier molecular flexibility index (Phi) is 5.20. The van der Waals surface area contributed by atoms with E-state index in [0.29, 0.717) is 29.7 Å². The van der Waals surface area contributed by atoms with Gasteiger partial charge in [-0.2, -0.15) is 13.2 Å². The summed E-state index contributed by atoms with van der Waals surface area (Å²) in [5.41, 5.74) is 2.02. The van der Waals surface area contributed by atoms with Gasteiger partial charge in [0.05, 0.1) is 17.4 Å². The van der Waals surface area contributed by atoms with Crippen LogP contribution >= 0.6 is 0 Å². The molecule has 0 fully saturated rings. The van der Waals surface area contributed by atoms with E-state index in [9.17, 15) is 18.3 Å². The fourth-order valence-electron chi connectivity index (χ4n) is 4.26. The topological polar surface area (TPSA) is 89.6 Å². The Balaban J connectivity index is 1.54. The van der Waals surface area contributed by atoms with E-state index in [4.69, 9.17) is 0 Å². The Morgan fingerprint density at radius 3 is 2.65 bits per heavy atom. The highest BCUT2D eigenvalue weighted by Gasteiger charge is 2.33. The lowest BCUT2D eigenvalue weighted by molar-refractivity contribution is -0.137. The molecule has 10 heteroatoms. The van der Waals surface area contributed by atoms with Crippen molar-refractivity contribution in [3.05, 3.63) is 71.7 Å². The predicted octanol–water partition coefficient (Wildman–Crippen LogP) is 4.81. The van der Waals surface area contributed by atoms with Crippen LogP contribution in [0.25, 0.3) is 28.3 Å². The number of alkyl halides is 3. The second-order valence-electron chi connectivity index (χ2n) is 9.20. The zero-order valence-corrected chi connectivity index (χ0v) is 18.5. The first-order valence-corrected chi connectivity index (χ1v) is 10.7. The van der Waals surface area contributed by atoms with Gasteiger partial charge in [-0.15, -0.1) is 15.0 Å². The normalized spacial score (nSPS) is 17.4. The maximum atomic E-state index is 13.6. The van der Waals surface area contributed by atoms with Crippen LogP contribution < -0.4 is 0 Å². The molecule has 1 aromatic carbocycles. The summed E-state index contributed by atoms with van der Waals surface area (Å²) in [4.78, 5) is 9.68. The van der Waals surface area contributed by atoms with Crippen molar-refractivity contribution >= 4 is 0 Å². The quantitative estimate of drug-likeness (QED) is 0.466. The van der Waals surface area contributed by atoms with Crippen molar-refractivity contribution in [3.63, 3.8) is 0 Å². The van der Waals surface area contributed by atoms with Crippen molar-refractivity contribution in [1.82, 2.24) is 30.2 Å². The van der Waals surface area contributed by atoms with Crippen LogP contribution in [-0.2, 0) is 12.6 Å². The number of nitrogens with zero attached hydrogens (tertiary/aromatic N) is 6. The SMILES string of the molecule is CC1(C)Cc2nc(-c3nnn(-c4cc(-c5cccnc5)cc(C(F)(F)F)c4)n3)ccc2C(O)C1. The number of hydrogen-bond donors (Lipinski definition) is 1. The molecule has 1 aliphatic carbocycles. The van der Waals surface area contributed by atoms with Crippen molar-refractivity contribution in [2.75, 3.05) is 0 Å². The maximum Gasteiger partial charge on any atom is 0.416 e. The van der Waals surface area contributed by atoms with Crippen molar-refractivity contribution in [1.29, 1.82) is 0 Å².